The molecule has 0 aliphatic heterocycles. The van der Waals surface area contributed by atoms with Gasteiger partial charge in [0.15, 0.2) is 0 Å². The molecule has 14 heavy (non-hydrogen) atoms. The van der Waals surface area contributed by atoms with E-state index in [-0.39, 0.29) is 0 Å². The Labute approximate surface area is 80.5 Å². The highest BCUT2D eigenvalue weighted by atomic mass is 14.7. The van der Waals surface area contributed by atoms with Crippen LogP contribution in [0, 0.1) is 6.20 Å². The maximum absolute atomic E-state index is 4.28. The second-order valence-electron chi connectivity index (χ2n) is 3.04. The molecule has 0 amide bonds. The summed E-state index contributed by atoms with van der Waals surface area (Å²) in [5, 5.41) is 3.15. The van der Waals surface area contributed by atoms with Crippen LogP contribution in [0.5, 0.6) is 0 Å². The first-order valence-corrected chi connectivity index (χ1v) is 4.30. The van der Waals surface area contributed by atoms with Gasteiger partial charge in [0.2, 0.25) is 0 Å². The van der Waals surface area contributed by atoms with Gasteiger partial charge in [0, 0.05) is 29.4 Å². The van der Waals surface area contributed by atoms with Gasteiger partial charge in [0.25, 0.3) is 0 Å². The number of aromatic nitrogens is 3. The van der Waals surface area contributed by atoms with Crippen molar-refractivity contribution in [3.05, 3.63) is 43.1 Å². The first kappa shape index (κ1) is 7.38. The third kappa shape index (κ3) is 0.956. The Bertz CT molecular complexity index is 550. The highest BCUT2D eigenvalue weighted by Crippen LogP contribution is 2.20. The van der Waals surface area contributed by atoms with Crippen LogP contribution in [0.25, 0.3) is 21.7 Å². The molecule has 0 saturated heterocycles. The van der Waals surface area contributed by atoms with Crippen LogP contribution in [0.3, 0.4) is 0 Å². The Morgan fingerprint density at radius 1 is 1.00 bits per heavy atom. The van der Waals surface area contributed by atoms with Gasteiger partial charge in [0.1, 0.15) is 0 Å². The summed E-state index contributed by atoms with van der Waals surface area (Å²) in [7, 11) is 0. The fourth-order valence-corrected chi connectivity index (χ4v) is 1.55. The monoisotopic (exact) mass is 180 g/mol. The lowest BCUT2D eigenvalue weighted by atomic mass is 10.1. The summed E-state index contributed by atoms with van der Waals surface area (Å²) in [5.74, 6) is 0. The molecule has 0 bridgehead atoms. The van der Waals surface area contributed by atoms with Crippen LogP contribution in [-0.2, 0) is 0 Å². The van der Waals surface area contributed by atoms with Crippen molar-refractivity contribution in [2.75, 3.05) is 0 Å². The van der Waals surface area contributed by atoms with E-state index in [1.54, 1.807) is 24.8 Å². The molecule has 0 unspecified atom stereocenters. The molecule has 3 heteroatoms. The SMILES string of the molecule is [c]1nccc2c1cnc1cnccc12. The van der Waals surface area contributed by atoms with Crippen LogP contribution >= 0.6 is 0 Å². The van der Waals surface area contributed by atoms with E-state index in [0.717, 1.165) is 21.7 Å². The van der Waals surface area contributed by atoms with Gasteiger partial charge in [-0.1, -0.05) is 0 Å². The highest BCUT2D eigenvalue weighted by Gasteiger charge is 2.00. The Balaban J connectivity index is 2.61. The summed E-state index contributed by atoms with van der Waals surface area (Å²) in [6, 6.07) is 3.92. The van der Waals surface area contributed by atoms with E-state index in [0.29, 0.717) is 0 Å². The minimum atomic E-state index is 0.902. The quantitative estimate of drug-likeness (QED) is 0.496. The number of rotatable bonds is 0. The third-order valence-corrected chi connectivity index (χ3v) is 2.21. The van der Waals surface area contributed by atoms with E-state index >= 15 is 0 Å². The number of hydrogen-bond acceptors (Lipinski definition) is 3. The molecule has 0 aliphatic carbocycles. The van der Waals surface area contributed by atoms with Crippen molar-refractivity contribution in [1.82, 2.24) is 15.0 Å². The average molecular weight is 180 g/mol. The van der Waals surface area contributed by atoms with E-state index < -0.39 is 0 Å². The first-order chi connectivity index (χ1) is 6.95. The molecule has 1 radical (unpaired) electrons. The molecule has 3 heterocycles. The van der Waals surface area contributed by atoms with Crippen molar-refractivity contribution < 1.29 is 0 Å². The molecule has 65 valence electrons. The van der Waals surface area contributed by atoms with Gasteiger partial charge in [0.05, 0.1) is 17.9 Å². The molecule has 0 saturated carbocycles. The Hall–Kier alpha value is -2.03. The number of hydrogen-bond donors (Lipinski definition) is 0. The lowest BCUT2D eigenvalue weighted by molar-refractivity contribution is 1.30. The van der Waals surface area contributed by atoms with Gasteiger partial charge in [-0.05, 0) is 17.5 Å². The summed E-state index contributed by atoms with van der Waals surface area (Å²) in [6.45, 7) is 0. The zero-order valence-corrected chi connectivity index (χ0v) is 7.31. The van der Waals surface area contributed by atoms with Gasteiger partial charge in [-0.15, -0.1) is 0 Å². The molecule has 3 rings (SSSR count). The Kier molecular flexibility index (Phi) is 1.44. The fourth-order valence-electron chi connectivity index (χ4n) is 1.55. The van der Waals surface area contributed by atoms with Crippen molar-refractivity contribution in [1.29, 1.82) is 0 Å². The molecule has 0 atom stereocenters. The van der Waals surface area contributed by atoms with Crippen molar-refractivity contribution in [2.45, 2.75) is 0 Å². The summed E-state index contributed by atoms with van der Waals surface area (Å²) >= 11 is 0. The standard InChI is InChI=1S/C11H6N3/c1-3-12-5-8-6-14-11-7-13-4-2-10(11)9(1)8/h1-4,6-7H. The van der Waals surface area contributed by atoms with Crippen molar-refractivity contribution in [3.8, 4) is 0 Å². The highest BCUT2D eigenvalue weighted by molar-refractivity contribution is 6.04. The minimum Gasteiger partial charge on any atom is -0.262 e. The van der Waals surface area contributed by atoms with E-state index in [1.807, 2.05) is 12.1 Å². The maximum Gasteiger partial charge on any atom is 0.0987 e. The lowest BCUT2D eigenvalue weighted by Crippen LogP contribution is -1.83. The largest absolute Gasteiger partial charge is 0.262 e. The van der Waals surface area contributed by atoms with Crippen molar-refractivity contribution >= 4 is 21.7 Å². The van der Waals surface area contributed by atoms with Crippen molar-refractivity contribution in [3.63, 3.8) is 0 Å². The van der Waals surface area contributed by atoms with Gasteiger partial charge in [-0.3, -0.25) is 15.0 Å². The van der Waals surface area contributed by atoms with Crippen LogP contribution in [0.2, 0.25) is 0 Å². The third-order valence-electron chi connectivity index (χ3n) is 2.21. The lowest BCUT2D eigenvalue weighted by Gasteiger charge is -2.00. The van der Waals surface area contributed by atoms with Gasteiger partial charge in [-0.25, -0.2) is 0 Å². The second-order valence-corrected chi connectivity index (χ2v) is 3.04. The van der Waals surface area contributed by atoms with E-state index in [9.17, 15) is 0 Å². The molecule has 0 aromatic carbocycles. The van der Waals surface area contributed by atoms with Gasteiger partial charge >= 0.3 is 0 Å². The summed E-state index contributed by atoms with van der Waals surface area (Å²) in [4.78, 5) is 12.2. The van der Waals surface area contributed by atoms with Crippen LogP contribution in [0.1, 0.15) is 0 Å². The maximum atomic E-state index is 4.28. The molecule has 0 spiro atoms. The second kappa shape index (κ2) is 2.73. The molecule has 0 N–H and O–H groups in total. The summed E-state index contributed by atoms with van der Waals surface area (Å²) in [5.41, 5.74) is 0.902. The van der Waals surface area contributed by atoms with Crippen LogP contribution in [0.4, 0.5) is 0 Å². The molecule has 0 aliphatic rings. The molecule has 3 aromatic heterocycles. The summed E-state index contributed by atoms with van der Waals surface area (Å²) < 4.78 is 0. The fraction of sp³-hybridized carbons (Fsp3) is 0. The minimum absolute atomic E-state index is 0.902. The predicted octanol–water partition coefficient (Wildman–Crippen LogP) is 1.98. The molecule has 3 aromatic rings. The number of fused-ring (bicyclic) bond motifs is 3. The average Bonchev–Trinajstić information content (AvgIpc) is 2.29. The zero-order chi connectivity index (χ0) is 9.38. The predicted molar refractivity (Wildman–Crippen MR) is 53.7 cm³/mol. The van der Waals surface area contributed by atoms with E-state index in [4.69, 9.17) is 0 Å². The zero-order valence-electron chi connectivity index (χ0n) is 7.31. The number of pyridine rings is 3. The van der Waals surface area contributed by atoms with Crippen LogP contribution in [0.15, 0.2) is 36.9 Å². The van der Waals surface area contributed by atoms with Gasteiger partial charge in [-0.2, -0.15) is 0 Å². The molecule has 0 fully saturated rings. The van der Waals surface area contributed by atoms with E-state index in [2.05, 4.69) is 21.1 Å². The smallest absolute Gasteiger partial charge is 0.0987 e. The number of nitrogens with zero attached hydrogens (tertiary/aromatic N) is 3. The Morgan fingerprint density at radius 3 is 2.93 bits per heavy atom. The normalized spacial score (nSPS) is 10.9. The first-order valence-electron chi connectivity index (χ1n) is 4.30. The van der Waals surface area contributed by atoms with Crippen molar-refractivity contribution in [2.24, 2.45) is 0 Å². The molecular formula is C11H6N3. The topological polar surface area (TPSA) is 38.7 Å². The molecule has 3 nitrogen and oxygen atoms in total. The summed E-state index contributed by atoms with van der Waals surface area (Å²) in [6.07, 6.45) is 9.95. The van der Waals surface area contributed by atoms with E-state index in [1.165, 1.54) is 0 Å². The van der Waals surface area contributed by atoms with Crippen LogP contribution in [-0.4, -0.2) is 15.0 Å². The Morgan fingerprint density at radius 2 is 1.93 bits per heavy atom. The van der Waals surface area contributed by atoms with Gasteiger partial charge < -0.3 is 0 Å². The van der Waals surface area contributed by atoms with Crippen LogP contribution < -0.4 is 0 Å². The molecular weight excluding hydrogens is 174 g/mol.